The summed E-state index contributed by atoms with van der Waals surface area (Å²) in [7, 11) is 0. The van der Waals surface area contributed by atoms with Crippen molar-refractivity contribution >= 4 is 45.8 Å². The molecule has 7 heteroatoms. The normalized spacial score (nSPS) is 19.2. The summed E-state index contributed by atoms with van der Waals surface area (Å²) in [5, 5.41) is 0.664. The summed E-state index contributed by atoms with van der Waals surface area (Å²) in [6.45, 7) is 5.46. The number of hydrogen-bond donors (Lipinski definition) is 0. The van der Waals surface area contributed by atoms with Gasteiger partial charge in [0.25, 0.3) is 11.1 Å². The molecule has 2 aliphatic heterocycles. The van der Waals surface area contributed by atoms with Gasteiger partial charge in [-0.1, -0.05) is 18.2 Å². The summed E-state index contributed by atoms with van der Waals surface area (Å²) in [6, 6.07) is 8.30. The Morgan fingerprint density at radius 3 is 2.59 bits per heavy atom. The fraction of sp³-hybridized carbons (Fsp3) is 0.409. The van der Waals surface area contributed by atoms with E-state index in [1.807, 2.05) is 24.4 Å². The molecule has 3 heterocycles. The molecule has 2 fully saturated rings. The Balaban J connectivity index is 1.58. The quantitative estimate of drug-likeness (QED) is 0.705. The first kappa shape index (κ1) is 19.8. The van der Waals surface area contributed by atoms with Crippen LogP contribution in [0.5, 0.6) is 0 Å². The van der Waals surface area contributed by atoms with Gasteiger partial charge in [-0.2, -0.15) is 0 Å². The lowest BCUT2D eigenvalue weighted by atomic mass is 10.1. The van der Waals surface area contributed by atoms with Crippen molar-refractivity contribution < 1.29 is 14.4 Å². The Morgan fingerprint density at radius 1 is 1.14 bits per heavy atom. The number of para-hydroxylation sites is 1. The van der Waals surface area contributed by atoms with E-state index < -0.39 is 0 Å². The first-order valence-electron chi connectivity index (χ1n) is 10.1. The summed E-state index contributed by atoms with van der Waals surface area (Å²) < 4.78 is 2.16. The van der Waals surface area contributed by atoms with E-state index in [4.69, 9.17) is 0 Å². The summed E-state index contributed by atoms with van der Waals surface area (Å²) in [5.74, 6) is -0.531. The zero-order chi connectivity index (χ0) is 20.5. The van der Waals surface area contributed by atoms with E-state index >= 15 is 0 Å². The van der Waals surface area contributed by atoms with Gasteiger partial charge in [-0.3, -0.25) is 19.3 Å². The van der Waals surface area contributed by atoms with Gasteiger partial charge in [-0.05, 0) is 57.0 Å². The van der Waals surface area contributed by atoms with E-state index in [-0.39, 0.29) is 29.6 Å². The minimum absolute atomic E-state index is 0.148. The van der Waals surface area contributed by atoms with Gasteiger partial charge in [-0.15, -0.1) is 0 Å². The van der Waals surface area contributed by atoms with Crippen molar-refractivity contribution in [3.63, 3.8) is 0 Å². The van der Waals surface area contributed by atoms with Crippen molar-refractivity contribution in [3.8, 4) is 0 Å². The Hall–Kier alpha value is -2.54. The summed E-state index contributed by atoms with van der Waals surface area (Å²) >= 11 is 0.910. The van der Waals surface area contributed by atoms with E-state index in [0.717, 1.165) is 52.4 Å². The second-order valence-corrected chi connectivity index (χ2v) is 8.81. The first-order valence-corrected chi connectivity index (χ1v) is 10.9. The van der Waals surface area contributed by atoms with Gasteiger partial charge < -0.3 is 9.47 Å². The lowest BCUT2D eigenvalue weighted by molar-refractivity contribution is -0.136. The first-order chi connectivity index (χ1) is 14.0. The van der Waals surface area contributed by atoms with Crippen LogP contribution in [0.4, 0.5) is 4.79 Å². The lowest BCUT2D eigenvalue weighted by Crippen LogP contribution is -2.44. The number of likely N-dealkylation sites (tertiary alicyclic amines) is 1. The molecule has 2 saturated heterocycles. The van der Waals surface area contributed by atoms with Crippen LogP contribution in [0.25, 0.3) is 17.0 Å². The molecule has 152 valence electrons. The van der Waals surface area contributed by atoms with E-state index in [9.17, 15) is 14.4 Å². The van der Waals surface area contributed by atoms with E-state index in [1.165, 1.54) is 0 Å². The van der Waals surface area contributed by atoms with Crippen LogP contribution in [0.15, 0.2) is 35.4 Å². The van der Waals surface area contributed by atoms with Gasteiger partial charge in [0.15, 0.2) is 0 Å². The minimum atomic E-state index is -0.383. The molecule has 0 aliphatic carbocycles. The number of nitrogens with zero attached hydrogens (tertiary/aromatic N) is 3. The number of benzene rings is 1. The van der Waals surface area contributed by atoms with Crippen molar-refractivity contribution in [2.24, 2.45) is 0 Å². The van der Waals surface area contributed by atoms with Gasteiger partial charge in [-0.25, -0.2) is 0 Å². The third-order valence-corrected chi connectivity index (χ3v) is 6.40. The summed E-state index contributed by atoms with van der Waals surface area (Å²) in [6.07, 6.45) is 6.87. The van der Waals surface area contributed by atoms with Crippen LogP contribution in [0.3, 0.4) is 0 Å². The lowest BCUT2D eigenvalue weighted by Gasteiger charge is -2.27. The monoisotopic (exact) mass is 411 g/mol. The number of rotatable bonds is 4. The van der Waals surface area contributed by atoms with Crippen LogP contribution >= 0.6 is 11.8 Å². The third kappa shape index (κ3) is 3.83. The predicted molar refractivity (Wildman–Crippen MR) is 115 cm³/mol. The number of piperidine rings is 1. The van der Waals surface area contributed by atoms with E-state index in [1.54, 1.807) is 11.0 Å². The molecule has 1 aromatic heterocycles. The van der Waals surface area contributed by atoms with Crippen LogP contribution in [0, 0.1) is 0 Å². The van der Waals surface area contributed by atoms with E-state index in [2.05, 4.69) is 24.5 Å². The molecule has 0 bridgehead atoms. The molecule has 3 amide bonds. The Bertz CT molecular complexity index is 1000. The average Bonchev–Trinajstić information content (AvgIpc) is 3.22. The number of imide groups is 1. The standard InChI is InChI=1S/C22H25N3O3S/c1-15(2)24-13-16(17-8-4-5-9-18(17)24)12-19-21(27)25(22(28)29-19)14-20(26)23-10-6-3-7-11-23/h4-5,8-9,12-13,15H,3,6-7,10-11,14H2,1-2H3/b19-12+. The molecule has 0 atom stereocenters. The molecular formula is C22H25N3O3S. The zero-order valence-electron chi connectivity index (χ0n) is 16.8. The minimum Gasteiger partial charge on any atom is -0.344 e. The molecule has 4 rings (SSSR count). The Kier molecular flexibility index (Phi) is 5.50. The van der Waals surface area contributed by atoms with Crippen molar-refractivity contribution in [2.75, 3.05) is 19.6 Å². The molecule has 1 aromatic carbocycles. The molecule has 0 saturated carbocycles. The number of carbonyl (C=O) groups is 3. The molecule has 0 unspecified atom stereocenters. The molecule has 0 spiro atoms. The van der Waals surface area contributed by atoms with Crippen molar-refractivity contribution in [2.45, 2.75) is 39.2 Å². The smallest absolute Gasteiger partial charge is 0.294 e. The number of fused-ring (bicyclic) bond motifs is 1. The summed E-state index contributed by atoms with van der Waals surface area (Å²) in [5.41, 5.74) is 2.00. The van der Waals surface area contributed by atoms with Gasteiger partial charge in [0.1, 0.15) is 6.54 Å². The van der Waals surface area contributed by atoms with Crippen molar-refractivity contribution in [1.82, 2.24) is 14.4 Å². The Morgan fingerprint density at radius 2 is 1.86 bits per heavy atom. The molecule has 2 aromatic rings. The maximum Gasteiger partial charge on any atom is 0.294 e. The second-order valence-electron chi connectivity index (χ2n) is 7.81. The highest BCUT2D eigenvalue weighted by molar-refractivity contribution is 8.18. The molecular weight excluding hydrogens is 386 g/mol. The van der Waals surface area contributed by atoms with Gasteiger partial charge >= 0.3 is 0 Å². The molecule has 29 heavy (non-hydrogen) atoms. The van der Waals surface area contributed by atoms with Gasteiger partial charge in [0, 0.05) is 41.8 Å². The van der Waals surface area contributed by atoms with Crippen molar-refractivity contribution in [3.05, 3.63) is 40.9 Å². The number of thioether (sulfide) groups is 1. The van der Waals surface area contributed by atoms with Crippen LogP contribution in [0.1, 0.15) is 44.7 Å². The topological polar surface area (TPSA) is 62.6 Å². The maximum absolute atomic E-state index is 12.9. The molecule has 2 aliphatic rings. The summed E-state index contributed by atoms with van der Waals surface area (Å²) in [4.78, 5) is 41.0. The molecule has 6 nitrogen and oxygen atoms in total. The van der Waals surface area contributed by atoms with E-state index in [0.29, 0.717) is 18.0 Å². The third-order valence-electron chi connectivity index (χ3n) is 5.49. The highest BCUT2D eigenvalue weighted by Gasteiger charge is 2.37. The van der Waals surface area contributed by atoms with Crippen LogP contribution in [-0.4, -0.2) is 51.1 Å². The highest BCUT2D eigenvalue weighted by Crippen LogP contribution is 2.34. The zero-order valence-corrected chi connectivity index (χ0v) is 17.6. The average molecular weight is 412 g/mol. The fourth-order valence-corrected chi connectivity index (χ4v) is 4.76. The molecule has 0 radical (unpaired) electrons. The van der Waals surface area contributed by atoms with Crippen LogP contribution < -0.4 is 0 Å². The maximum atomic E-state index is 12.9. The van der Waals surface area contributed by atoms with Crippen molar-refractivity contribution in [1.29, 1.82) is 0 Å². The predicted octanol–water partition coefficient (Wildman–Crippen LogP) is 4.27. The van der Waals surface area contributed by atoms with Crippen LogP contribution in [0.2, 0.25) is 0 Å². The van der Waals surface area contributed by atoms with Crippen LogP contribution in [-0.2, 0) is 9.59 Å². The number of carbonyl (C=O) groups excluding carboxylic acids is 3. The van der Waals surface area contributed by atoms with Gasteiger partial charge in [0.2, 0.25) is 5.91 Å². The number of aromatic nitrogens is 1. The van der Waals surface area contributed by atoms with Gasteiger partial charge in [0.05, 0.1) is 4.91 Å². The number of hydrogen-bond acceptors (Lipinski definition) is 4. The largest absolute Gasteiger partial charge is 0.344 e. The molecule has 0 N–H and O–H groups in total. The Labute approximate surface area is 174 Å². The highest BCUT2D eigenvalue weighted by atomic mass is 32.2. The number of amides is 3. The fourth-order valence-electron chi connectivity index (χ4n) is 3.93. The second kappa shape index (κ2) is 8.06. The SMILES string of the molecule is CC(C)n1cc(/C=C2/SC(=O)N(CC(=O)N3CCCCC3)C2=O)c2ccccc21.